The van der Waals surface area contributed by atoms with Gasteiger partial charge in [-0.15, -0.1) is 0 Å². The fourth-order valence-corrected chi connectivity index (χ4v) is 2.07. The Morgan fingerprint density at radius 3 is 2.82 bits per heavy atom. The molecule has 2 rings (SSSR count). The van der Waals surface area contributed by atoms with Crippen LogP contribution in [-0.4, -0.2) is 17.8 Å². The molecule has 3 heteroatoms. The Kier molecular flexibility index (Phi) is 3.89. The van der Waals surface area contributed by atoms with Gasteiger partial charge in [0.25, 0.3) is 0 Å². The molecule has 2 N–H and O–H groups in total. The highest BCUT2D eigenvalue weighted by atomic mass is 16.5. The molecule has 1 unspecified atom stereocenters. The average molecular weight is 235 g/mol. The Bertz CT molecular complexity index is 374. The molecule has 0 saturated heterocycles. The first-order valence-corrected chi connectivity index (χ1v) is 6.37. The van der Waals surface area contributed by atoms with E-state index in [-0.39, 0.29) is 6.61 Å². The highest BCUT2D eigenvalue weighted by Crippen LogP contribution is 2.34. The molecule has 0 heterocycles. The summed E-state index contributed by atoms with van der Waals surface area (Å²) in [4.78, 5) is 0. The van der Waals surface area contributed by atoms with Crippen molar-refractivity contribution >= 4 is 5.69 Å². The lowest BCUT2D eigenvalue weighted by atomic mass is 10.1. The Labute approximate surface area is 103 Å². The minimum Gasteiger partial charge on any atom is -0.494 e. The molecule has 0 spiro atoms. The van der Waals surface area contributed by atoms with Gasteiger partial charge in [-0.05, 0) is 50.8 Å². The van der Waals surface area contributed by atoms with Gasteiger partial charge in [-0.3, -0.25) is 0 Å². The maximum absolute atomic E-state index is 9.32. The molecule has 0 aliphatic heterocycles. The summed E-state index contributed by atoms with van der Waals surface area (Å²) in [6.45, 7) is 4.80. The number of ether oxygens (including phenoxy) is 1. The first-order chi connectivity index (χ1) is 8.24. The van der Waals surface area contributed by atoms with Crippen LogP contribution in [0.2, 0.25) is 0 Å². The number of anilines is 1. The highest BCUT2D eigenvalue weighted by Gasteiger charge is 2.27. The normalized spacial score (nSPS) is 16.6. The summed E-state index contributed by atoms with van der Waals surface area (Å²) in [7, 11) is 0. The third-order valence-electron chi connectivity index (χ3n) is 3.25. The third kappa shape index (κ3) is 3.13. The van der Waals surface area contributed by atoms with Gasteiger partial charge in [-0.25, -0.2) is 0 Å². The summed E-state index contributed by atoms with van der Waals surface area (Å²) in [5.41, 5.74) is 1.91. The fourth-order valence-electron chi connectivity index (χ4n) is 2.07. The van der Waals surface area contributed by atoms with Crippen molar-refractivity contribution in [1.29, 1.82) is 0 Å². The quantitative estimate of drug-likeness (QED) is 0.796. The molecule has 0 bridgehead atoms. The van der Waals surface area contributed by atoms with Gasteiger partial charge in [-0.1, -0.05) is 0 Å². The van der Waals surface area contributed by atoms with Gasteiger partial charge >= 0.3 is 0 Å². The van der Waals surface area contributed by atoms with E-state index < -0.39 is 0 Å². The van der Waals surface area contributed by atoms with Crippen LogP contribution < -0.4 is 10.1 Å². The largest absolute Gasteiger partial charge is 0.494 e. The highest BCUT2D eigenvalue weighted by molar-refractivity contribution is 5.51. The van der Waals surface area contributed by atoms with Crippen LogP contribution in [0.15, 0.2) is 18.2 Å². The molecule has 0 radical (unpaired) electrons. The number of hydrogen-bond acceptors (Lipinski definition) is 3. The monoisotopic (exact) mass is 235 g/mol. The van der Waals surface area contributed by atoms with Gasteiger partial charge < -0.3 is 15.2 Å². The molecule has 1 atom stereocenters. The Morgan fingerprint density at radius 2 is 2.24 bits per heavy atom. The lowest BCUT2D eigenvalue weighted by Crippen LogP contribution is -2.17. The Morgan fingerprint density at radius 1 is 1.47 bits per heavy atom. The first kappa shape index (κ1) is 12.2. The molecule has 1 aliphatic rings. The van der Waals surface area contributed by atoms with Gasteiger partial charge in [0.1, 0.15) is 5.75 Å². The molecule has 17 heavy (non-hydrogen) atoms. The van der Waals surface area contributed by atoms with E-state index in [0.717, 1.165) is 22.9 Å². The van der Waals surface area contributed by atoms with E-state index in [1.54, 1.807) is 0 Å². The first-order valence-electron chi connectivity index (χ1n) is 6.37. The second kappa shape index (κ2) is 5.41. The van der Waals surface area contributed by atoms with E-state index in [9.17, 15) is 5.11 Å². The molecule has 1 saturated carbocycles. The molecule has 1 aromatic carbocycles. The van der Waals surface area contributed by atoms with Crippen molar-refractivity contribution in [1.82, 2.24) is 0 Å². The van der Waals surface area contributed by atoms with Crippen LogP contribution in [0, 0.1) is 5.92 Å². The van der Waals surface area contributed by atoms with Crippen LogP contribution in [0.25, 0.3) is 0 Å². The summed E-state index contributed by atoms with van der Waals surface area (Å²) in [6, 6.07) is 6.43. The van der Waals surface area contributed by atoms with Crippen LogP contribution in [0.5, 0.6) is 5.75 Å². The standard InChI is InChI=1S/C14H21NO2/c1-3-17-14-7-6-13(8-12(14)9-16)15-10(2)11-4-5-11/h6-8,10-11,15-16H,3-5,9H2,1-2H3. The summed E-state index contributed by atoms with van der Waals surface area (Å²) < 4.78 is 5.46. The predicted molar refractivity (Wildman–Crippen MR) is 69.3 cm³/mol. The number of aliphatic hydroxyl groups excluding tert-OH is 1. The molecule has 1 fully saturated rings. The number of hydrogen-bond donors (Lipinski definition) is 2. The van der Waals surface area contributed by atoms with E-state index in [0.29, 0.717) is 12.6 Å². The van der Waals surface area contributed by atoms with E-state index in [1.807, 2.05) is 25.1 Å². The zero-order valence-electron chi connectivity index (χ0n) is 10.6. The smallest absolute Gasteiger partial charge is 0.124 e. The Hall–Kier alpha value is -1.22. The molecule has 3 nitrogen and oxygen atoms in total. The van der Waals surface area contributed by atoms with Crippen molar-refractivity contribution in [3.8, 4) is 5.75 Å². The van der Waals surface area contributed by atoms with E-state index >= 15 is 0 Å². The molecule has 0 aromatic heterocycles. The van der Waals surface area contributed by atoms with Crippen LogP contribution in [-0.2, 0) is 6.61 Å². The molecule has 1 aliphatic carbocycles. The van der Waals surface area contributed by atoms with Gasteiger partial charge in [0.05, 0.1) is 13.2 Å². The second-order valence-electron chi connectivity index (χ2n) is 4.68. The summed E-state index contributed by atoms with van der Waals surface area (Å²) in [6.07, 6.45) is 2.66. The van der Waals surface area contributed by atoms with Crippen molar-refractivity contribution < 1.29 is 9.84 Å². The molecule has 94 valence electrons. The van der Waals surface area contributed by atoms with Crippen LogP contribution in [0.1, 0.15) is 32.3 Å². The molecule has 0 amide bonds. The maximum Gasteiger partial charge on any atom is 0.124 e. The number of nitrogens with one attached hydrogen (secondary N) is 1. The molecular formula is C14H21NO2. The predicted octanol–water partition coefficient (Wildman–Crippen LogP) is 2.79. The topological polar surface area (TPSA) is 41.5 Å². The van der Waals surface area contributed by atoms with Crippen molar-refractivity contribution in [2.45, 2.75) is 39.3 Å². The second-order valence-corrected chi connectivity index (χ2v) is 4.68. The number of aliphatic hydroxyl groups is 1. The zero-order chi connectivity index (χ0) is 12.3. The molecular weight excluding hydrogens is 214 g/mol. The van der Waals surface area contributed by atoms with Gasteiger partial charge in [0.2, 0.25) is 0 Å². The minimum absolute atomic E-state index is 0.0165. The van der Waals surface area contributed by atoms with Crippen LogP contribution >= 0.6 is 0 Å². The number of rotatable bonds is 6. The van der Waals surface area contributed by atoms with Gasteiger partial charge in [0, 0.05) is 17.3 Å². The summed E-state index contributed by atoms with van der Waals surface area (Å²) >= 11 is 0. The van der Waals surface area contributed by atoms with E-state index in [2.05, 4.69) is 12.2 Å². The lowest BCUT2D eigenvalue weighted by molar-refractivity contribution is 0.267. The van der Waals surface area contributed by atoms with Crippen LogP contribution in [0.3, 0.4) is 0 Å². The SMILES string of the molecule is CCOc1ccc(NC(C)C2CC2)cc1CO. The molecule has 1 aromatic rings. The zero-order valence-corrected chi connectivity index (χ0v) is 10.6. The Balaban J connectivity index is 2.07. The minimum atomic E-state index is 0.0165. The third-order valence-corrected chi connectivity index (χ3v) is 3.25. The maximum atomic E-state index is 9.32. The van der Waals surface area contributed by atoms with E-state index in [1.165, 1.54) is 12.8 Å². The van der Waals surface area contributed by atoms with Gasteiger partial charge in [-0.2, -0.15) is 0 Å². The number of benzene rings is 1. The van der Waals surface area contributed by atoms with Crippen molar-refractivity contribution in [2.75, 3.05) is 11.9 Å². The van der Waals surface area contributed by atoms with Gasteiger partial charge in [0.15, 0.2) is 0 Å². The average Bonchev–Trinajstić information content (AvgIpc) is 3.15. The summed E-state index contributed by atoms with van der Waals surface area (Å²) in [5, 5.41) is 12.8. The summed E-state index contributed by atoms with van der Waals surface area (Å²) in [5.74, 6) is 1.60. The van der Waals surface area contributed by atoms with Crippen molar-refractivity contribution in [2.24, 2.45) is 5.92 Å². The lowest BCUT2D eigenvalue weighted by Gasteiger charge is -2.16. The van der Waals surface area contributed by atoms with E-state index in [4.69, 9.17) is 4.74 Å². The fraction of sp³-hybridized carbons (Fsp3) is 0.571. The van der Waals surface area contributed by atoms with Crippen molar-refractivity contribution in [3.05, 3.63) is 23.8 Å². The van der Waals surface area contributed by atoms with Crippen LogP contribution in [0.4, 0.5) is 5.69 Å². The van der Waals surface area contributed by atoms with Crippen molar-refractivity contribution in [3.63, 3.8) is 0 Å².